The molecule has 0 aliphatic rings. The van der Waals surface area contributed by atoms with Crippen LogP contribution in [0.5, 0.6) is 0 Å². The minimum atomic E-state index is -0.883. The first kappa shape index (κ1) is 8.17. The Balaban J connectivity index is 3.15. The summed E-state index contributed by atoms with van der Waals surface area (Å²) in [6.45, 7) is 0.823. The van der Waals surface area contributed by atoms with Gasteiger partial charge in [-0.15, -0.1) is 0 Å². The van der Waals surface area contributed by atoms with Crippen molar-refractivity contribution in [3.63, 3.8) is 0 Å². The van der Waals surface area contributed by atoms with Crippen molar-refractivity contribution in [3.05, 3.63) is 12.2 Å². The number of hydrogen-bond donors (Lipinski definition) is 2. The molecule has 0 saturated heterocycles. The normalized spacial score (nSPS) is 10.3. The highest BCUT2D eigenvalue weighted by molar-refractivity contribution is 5.79. The van der Waals surface area contributed by atoms with E-state index in [2.05, 4.69) is 5.32 Å². The van der Waals surface area contributed by atoms with Gasteiger partial charge in [0.05, 0.1) is 0 Å². The first-order chi connectivity index (χ1) is 4.27. The van der Waals surface area contributed by atoms with Crippen LogP contribution in [0.1, 0.15) is 6.42 Å². The Morgan fingerprint density at radius 1 is 1.78 bits per heavy atom. The van der Waals surface area contributed by atoms with Gasteiger partial charge in [0.2, 0.25) is 0 Å². The van der Waals surface area contributed by atoms with Gasteiger partial charge in [0.1, 0.15) is 0 Å². The molecule has 0 heterocycles. The molecule has 0 aliphatic heterocycles. The van der Waals surface area contributed by atoms with Crippen molar-refractivity contribution >= 4 is 5.97 Å². The topological polar surface area (TPSA) is 49.3 Å². The summed E-state index contributed by atoms with van der Waals surface area (Å²) in [6.07, 6.45) is 3.54. The zero-order chi connectivity index (χ0) is 7.11. The Morgan fingerprint density at radius 3 is 2.89 bits per heavy atom. The highest BCUT2D eigenvalue weighted by atomic mass is 16.4. The highest BCUT2D eigenvalue weighted by Gasteiger charge is 1.82. The quantitative estimate of drug-likeness (QED) is 0.422. The van der Waals surface area contributed by atoms with Crippen molar-refractivity contribution in [2.45, 2.75) is 6.42 Å². The van der Waals surface area contributed by atoms with Gasteiger partial charge in [0.25, 0.3) is 0 Å². The van der Waals surface area contributed by atoms with E-state index in [9.17, 15) is 4.79 Å². The molecule has 0 unspecified atom stereocenters. The SMILES string of the molecule is CNCC/C=C/C(=O)O. The smallest absolute Gasteiger partial charge is 0.327 e. The van der Waals surface area contributed by atoms with Crippen LogP contribution in [0.15, 0.2) is 12.2 Å². The summed E-state index contributed by atoms with van der Waals surface area (Å²) >= 11 is 0. The molecule has 3 nitrogen and oxygen atoms in total. The number of carboxylic acids is 1. The van der Waals surface area contributed by atoms with E-state index in [0.717, 1.165) is 19.0 Å². The van der Waals surface area contributed by atoms with Crippen LogP contribution in [0, 0.1) is 0 Å². The van der Waals surface area contributed by atoms with Crippen LogP contribution < -0.4 is 5.32 Å². The molecule has 0 aromatic heterocycles. The molecule has 0 radical (unpaired) electrons. The Kier molecular flexibility index (Phi) is 4.82. The fourth-order valence-electron chi connectivity index (χ4n) is 0.412. The molecule has 0 rings (SSSR count). The van der Waals surface area contributed by atoms with Gasteiger partial charge in [0.15, 0.2) is 0 Å². The molecule has 0 atom stereocenters. The van der Waals surface area contributed by atoms with Gasteiger partial charge in [-0.05, 0) is 20.0 Å². The van der Waals surface area contributed by atoms with Crippen LogP contribution in [-0.2, 0) is 4.79 Å². The average molecular weight is 129 g/mol. The number of nitrogens with one attached hydrogen (secondary N) is 1. The Labute approximate surface area is 54.4 Å². The summed E-state index contributed by atoms with van der Waals surface area (Å²) in [5.74, 6) is -0.883. The number of carbonyl (C=O) groups is 1. The molecule has 2 N–H and O–H groups in total. The molecule has 0 aliphatic carbocycles. The lowest BCUT2D eigenvalue weighted by molar-refractivity contribution is -0.131. The first-order valence-electron chi connectivity index (χ1n) is 2.81. The van der Waals surface area contributed by atoms with E-state index in [1.54, 1.807) is 6.08 Å². The Bertz CT molecular complexity index is 110. The Morgan fingerprint density at radius 2 is 2.44 bits per heavy atom. The van der Waals surface area contributed by atoms with Crippen LogP contribution in [0.2, 0.25) is 0 Å². The average Bonchev–Trinajstić information content (AvgIpc) is 1.80. The van der Waals surface area contributed by atoms with E-state index < -0.39 is 5.97 Å². The van der Waals surface area contributed by atoms with Gasteiger partial charge < -0.3 is 10.4 Å². The second kappa shape index (κ2) is 5.31. The van der Waals surface area contributed by atoms with E-state index in [1.165, 1.54) is 0 Å². The molecule has 0 fully saturated rings. The molecule has 0 bridgehead atoms. The molecular weight excluding hydrogens is 118 g/mol. The molecule has 0 amide bonds. The van der Waals surface area contributed by atoms with Crippen molar-refractivity contribution < 1.29 is 9.90 Å². The van der Waals surface area contributed by atoms with Gasteiger partial charge in [0, 0.05) is 6.08 Å². The van der Waals surface area contributed by atoms with Crippen molar-refractivity contribution in [1.82, 2.24) is 5.32 Å². The van der Waals surface area contributed by atoms with E-state index in [4.69, 9.17) is 5.11 Å². The predicted octanol–water partition coefficient (Wildman–Crippen LogP) is 0.237. The fraction of sp³-hybridized carbons (Fsp3) is 0.500. The highest BCUT2D eigenvalue weighted by Crippen LogP contribution is 1.78. The molecule has 3 heteroatoms. The first-order valence-corrected chi connectivity index (χ1v) is 2.81. The number of aliphatic carboxylic acids is 1. The number of hydrogen-bond acceptors (Lipinski definition) is 2. The second-order valence-corrected chi connectivity index (χ2v) is 1.63. The van der Waals surface area contributed by atoms with Crippen LogP contribution in [0.4, 0.5) is 0 Å². The summed E-state index contributed by atoms with van der Waals surface area (Å²) in [7, 11) is 1.83. The van der Waals surface area contributed by atoms with Gasteiger partial charge in [-0.1, -0.05) is 6.08 Å². The molecule has 52 valence electrons. The molecule has 0 aromatic rings. The number of carboxylic acid groups (broad SMARTS) is 1. The Hall–Kier alpha value is -0.830. The van der Waals surface area contributed by atoms with E-state index >= 15 is 0 Å². The third-order valence-corrected chi connectivity index (χ3v) is 0.821. The lowest BCUT2D eigenvalue weighted by Crippen LogP contribution is -2.05. The van der Waals surface area contributed by atoms with Crippen LogP contribution in [-0.4, -0.2) is 24.7 Å². The second-order valence-electron chi connectivity index (χ2n) is 1.63. The zero-order valence-electron chi connectivity index (χ0n) is 5.42. The van der Waals surface area contributed by atoms with Gasteiger partial charge in [-0.2, -0.15) is 0 Å². The minimum absolute atomic E-state index is 0.767. The van der Waals surface area contributed by atoms with Crippen molar-refractivity contribution in [3.8, 4) is 0 Å². The summed E-state index contributed by atoms with van der Waals surface area (Å²) < 4.78 is 0. The maximum Gasteiger partial charge on any atom is 0.327 e. The summed E-state index contributed by atoms with van der Waals surface area (Å²) in [6, 6.07) is 0. The standard InChI is InChI=1S/C6H11NO2/c1-7-5-3-2-4-6(8)9/h2,4,7H,3,5H2,1H3,(H,8,9)/b4-2+. The van der Waals surface area contributed by atoms with Crippen molar-refractivity contribution in [1.29, 1.82) is 0 Å². The molecule has 9 heavy (non-hydrogen) atoms. The third kappa shape index (κ3) is 7.17. The lowest BCUT2D eigenvalue weighted by Gasteiger charge is -1.88. The van der Waals surface area contributed by atoms with E-state index in [0.29, 0.717) is 0 Å². The number of rotatable bonds is 4. The minimum Gasteiger partial charge on any atom is -0.478 e. The summed E-state index contributed by atoms with van der Waals surface area (Å²) in [5.41, 5.74) is 0. The zero-order valence-corrected chi connectivity index (χ0v) is 5.42. The maximum atomic E-state index is 9.86. The lowest BCUT2D eigenvalue weighted by atomic mass is 10.4. The van der Waals surface area contributed by atoms with Gasteiger partial charge in [-0.3, -0.25) is 0 Å². The van der Waals surface area contributed by atoms with Crippen LogP contribution in [0.25, 0.3) is 0 Å². The monoisotopic (exact) mass is 129 g/mol. The van der Waals surface area contributed by atoms with Crippen molar-refractivity contribution in [2.24, 2.45) is 0 Å². The predicted molar refractivity (Wildman–Crippen MR) is 35.3 cm³/mol. The van der Waals surface area contributed by atoms with Gasteiger partial charge in [-0.25, -0.2) is 4.79 Å². The van der Waals surface area contributed by atoms with E-state index in [-0.39, 0.29) is 0 Å². The van der Waals surface area contributed by atoms with E-state index in [1.807, 2.05) is 7.05 Å². The molecular formula is C6H11NO2. The summed E-state index contributed by atoms with van der Waals surface area (Å²) in [5, 5.41) is 11.0. The molecule has 0 spiro atoms. The van der Waals surface area contributed by atoms with Crippen molar-refractivity contribution in [2.75, 3.05) is 13.6 Å². The van der Waals surface area contributed by atoms with Gasteiger partial charge >= 0.3 is 5.97 Å². The third-order valence-electron chi connectivity index (χ3n) is 0.821. The molecule has 0 saturated carbocycles. The summed E-state index contributed by atoms with van der Waals surface area (Å²) in [4.78, 5) is 9.86. The molecule has 0 aromatic carbocycles. The maximum absolute atomic E-state index is 9.86. The fourth-order valence-corrected chi connectivity index (χ4v) is 0.412. The van der Waals surface area contributed by atoms with Crippen LogP contribution >= 0.6 is 0 Å². The largest absolute Gasteiger partial charge is 0.478 e. The van der Waals surface area contributed by atoms with Crippen LogP contribution in [0.3, 0.4) is 0 Å².